The van der Waals surface area contributed by atoms with Gasteiger partial charge in [0.15, 0.2) is 0 Å². The Bertz CT molecular complexity index is 900. The maximum Gasteiger partial charge on any atom is 0.261 e. The molecule has 0 fully saturated rings. The largest absolute Gasteiger partial charge is 0.311 e. The van der Waals surface area contributed by atoms with E-state index in [0.717, 1.165) is 17.7 Å². The molecule has 132 valence electrons. The van der Waals surface area contributed by atoms with Crippen molar-refractivity contribution >= 4 is 27.3 Å². The van der Waals surface area contributed by atoms with E-state index in [4.69, 9.17) is 0 Å². The van der Waals surface area contributed by atoms with Crippen LogP contribution in [0.4, 0.5) is 11.4 Å². The average molecular weight is 358 g/mol. The first-order chi connectivity index (χ1) is 11.7. The average Bonchev–Trinajstić information content (AvgIpc) is 2.96. The minimum atomic E-state index is -3.61. The number of amides is 1. The summed E-state index contributed by atoms with van der Waals surface area (Å²) in [5.41, 5.74) is 1.90. The lowest BCUT2D eigenvalue weighted by molar-refractivity contribution is -0.125. The molecule has 0 saturated heterocycles. The maximum absolute atomic E-state index is 12.5. The van der Waals surface area contributed by atoms with Crippen molar-refractivity contribution in [2.45, 2.75) is 32.1 Å². The van der Waals surface area contributed by atoms with Gasteiger partial charge < -0.3 is 4.90 Å². The normalized spacial score (nSPS) is 14.3. The van der Waals surface area contributed by atoms with Crippen molar-refractivity contribution in [2.24, 2.45) is 5.41 Å². The summed E-state index contributed by atoms with van der Waals surface area (Å²) in [5, 5.41) is 0. The van der Waals surface area contributed by atoms with Gasteiger partial charge in [-0.1, -0.05) is 39.0 Å². The van der Waals surface area contributed by atoms with Crippen molar-refractivity contribution in [3.63, 3.8) is 0 Å². The van der Waals surface area contributed by atoms with Crippen molar-refractivity contribution in [1.29, 1.82) is 0 Å². The molecule has 1 aliphatic rings. The molecule has 0 unspecified atom stereocenters. The molecule has 1 amide bonds. The van der Waals surface area contributed by atoms with Crippen molar-refractivity contribution < 1.29 is 13.2 Å². The summed E-state index contributed by atoms with van der Waals surface area (Å²) in [4.78, 5) is 14.5. The smallest absolute Gasteiger partial charge is 0.261 e. The lowest BCUT2D eigenvalue weighted by atomic mass is 9.94. The molecule has 0 bridgehead atoms. The van der Waals surface area contributed by atoms with Gasteiger partial charge in [0.05, 0.1) is 4.90 Å². The fourth-order valence-electron chi connectivity index (χ4n) is 2.89. The summed E-state index contributed by atoms with van der Waals surface area (Å²) < 4.78 is 27.5. The number of benzene rings is 2. The highest BCUT2D eigenvalue weighted by atomic mass is 32.2. The van der Waals surface area contributed by atoms with Gasteiger partial charge in [-0.15, -0.1) is 0 Å². The number of sulfonamides is 1. The SMILES string of the molecule is CC(C)(C)C(=O)N1CCc2cc(NS(=O)(=O)c3ccccc3)ccc21. The monoisotopic (exact) mass is 358 g/mol. The summed E-state index contributed by atoms with van der Waals surface area (Å²) in [5.74, 6) is 0.0730. The van der Waals surface area contributed by atoms with Crippen LogP contribution in [-0.2, 0) is 21.2 Å². The van der Waals surface area contributed by atoms with Crippen LogP contribution in [0.5, 0.6) is 0 Å². The summed E-state index contributed by atoms with van der Waals surface area (Å²) >= 11 is 0. The predicted molar refractivity (Wildman–Crippen MR) is 99.2 cm³/mol. The highest BCUT2D eigenvalue weighted by Gasteiger charge is 2.32. The summed E-state index contributed by atoms with van der Waals surface area (Å²) in [6, 6.07) is 13.6. The first-order valence-corrected chi connectivity index (χ1v) is 9.69. The number of carbonyl (C=O) groups excluding carboxylic acids is 1. The van der Waals surface area contributed by atoms with Crippen LogP contribution >= 0.6 is 0 Å². The van der Waals surface area contributed by atoms with Crippen LogP contribution in [0.25, 0.3) is 0 Å². The molecule has 3 rings (SSSR count). The second-order valence-electron chi connectivity index (χ2n) is 7.22. The Kier molecular flexibility index (Phi) is 4.33. The van der Waals surface area contributed by atoms with Crippen LogP contribution in [0.1, 0.15) is 26.3 Å². The Morgan fingerprint density at radius 3 is 2.40 bits per heavy atom. The number of nitrogens with zero attached hydrogens (tertiary/aromatic N) is 1. The molecule has 1 aliphatic heterocycles. The second kappa shape index (κ2) is 6.19. The van der Waals surface area contributed by atoms with Crippen molar-refractivity contribution in [1.82, 2.24) is 0 Å². The Labute approximate surface area is 148 Å². The fraction of sp³-hybridized carbons (Fsp3) is 0.316. The third-order valence-corrected chi connectivity index (χ3v) is 5.56. The van der Waals surface area contributed by atoms with Crippen LogP contribution < -0.4 is 9.62 Å². The highest BCUT2D eigenvalue weighted by Crippen LogP contribution is 2.34. The fourth-order valence-corrected chi connectivity index (χ4v) is 3.97. The molecule has 0 atom stereocenters. The highest BCUT2D eigenvalue weighted by molar-refractivity contribution is 7.92. The second-order valence-corrected chi connectivity index (χ2v) is 8.90. The van der Waals surface area contributed by atoms with Gasteiger partial charge in [0.2, 0.25) is 5.91 Å². The van der Waals surface area contributed by atoms with Crippen molar-refractivity contribution in [3.05, 3.63) is 54.1 Å². The standard InChI is InChI=1S/C19H22N2O3S/c1-19(2,3)18(22)21-12-11-14-13-15(9-10-17(14)21)20-25(23,24)16-7-5-4-6-8-16/h4-10,13,20H,11-12H2,1-3H3. The van der Waals surface area contributed by atoms with Gasteiger partial charge >= 0.3 is 0 Å². The molecule has 5 nitrogen and oxygen atoms in total. The third-order valence-electron chi connectivity index (χ3n) is 4.17. The number of anilines is 2. The lowest BCUT2D eigenvalue weighted by Crippen LogP contribution is -2.38. The number of nitrogens with one attached hydrogen (secondary N) is 1. The molecule has 1 N–H and O–H groups in total. The first kappa shape index (κ1) is 17.5. The van der Waals surface area contributed by atoms with Crippen LogP contribution in [0.15, 0.2) is 53.4 Å². The van der Waals surface area contributed by atoms with E-state index in [-0.39, 0.29) is 10.8 Å². The van der Waals surface area contributed by atoms with E-state index in [9.17, 15) is 13.2 Å². The molecule has 0 aromatic heterocycles. The maximum atomic E-state index is 12.5. The van der Waals surface area contributed by atoms with Gasteiger partial charge in [0, 0.05) is 23.3 Å². The molecule has 1 heterocycles. The van der Waals surface area contributed by atoms with Crippen LogP contribution in [0.2, 0.25) is 0 Å². The zero-order valence-corrected chi connectivity index (χ0v) is 15.4. The minimum Gasteiger partial charge on any atom is -0.311 e. The molecule has 6 heteroatoms. The number of carbonyl (C=O) groups is 1. The summed E-state index contributed by atoms with van der Waals surface area (Å²) in [6.45, 7) is 6.32. The Morgan fingerprint density at radius 1 is 1.08 bits per heavy atom. The minimum absolute atomic E-state index is 0.0730. The zero-order valence-electron chi connectivity index (χ0n) is 14.6. The van der Waals surface area contributed by atoms with E-state index >= 15 is 0 Å². The molecule has 25 heavy (non-hydrogen) atoms. The molecule has 0 saturated carbocycles. The molecular weight excluding hydrogens is 336 g/mol. The molecular formula is C19H22N2O3S. The number of rotatable bonds is 3. The van der Waals surface area contributed by atoms with Crippen molar-refractivity contribution in [2.75, 3.05) is 16.2 Å². The van der Waals surface area contributed by atoms with Gasteiger partial charge in [-0.2, -0.15) is 0 Å². The quantitative estimate of drug-likeness (QED) is 0.914. The predicted octanol–water partition coefficient (Wildman–Crippen LogP) is 3.42. The van der Waals surface area contributed by atoms with E-state index in [1.165, 1.54) is 0 Å². The van der Waals surface area contributed by atoms with E-state index in [1.54, 1.807) is 41.3 Å². The summed E-state index contributed by atoms with van der Waals surface area (Å²) in [6.07, 6.45) is 0.720. The van der Waals surface area contributed by atoms with E-state index in [0.29, 0.717) is 12.2 Å². The number of fused-ring (bicyclic) bond motifs is 1. The van der Waals surface area contributed by atoms with E-state index in [2.05, 4.69) is 4.72 Å². The Hall–Kier alpha value is -2.34. The van der Waals surface area contributed by atoms with Gasteiger partial charge in [-0.3, -0.25) is 9.52 Å². The topological polar surface area (TPSA) is 66.5 Å². The van der Waals surface area contributed by atoms with E-state index < -0.39 is 15.4 Å². The van der Waals surface area contributed by atoms with Gasteiger partial charge in [-0.05, 0) is 42.3 Å². The zero-order chi connectivity index (χ0) is 18.2. The molecule has 2 aromatic carbocycles. The first-order valence-electron chi connectivity index (χ1n) is 8.21. The molecule has 0 aliphatic carbocycles. The van der Waals surface area contributed by atoms with Gasteiger partial charge in [0.1, 0.15) is 0 Å². The summed E-state index contributed by atoms with van der Waals surface area (Å²) in [7, 11) is -3.61. The van der Waals surface area contributed by atoms with Crippen molar-refractivity contribution in [3.8, 4) is 0 Å². The lowest BCUT2D eigenvalue weighted by Gasteiger charge is -2.26. The van der Waals surface area contributed by atoms with E-state index in [1.807, 2.05) is 32.9 Å². The van der Waals surface area contributed by atoms with Gasteiger partial charge in [-0.25, -0.2) is 8.42 Å². The third kappa shape index (κ3) is 3.54. The molecule has 0 spiro atoms. The molecule has 0 radical (unpaired) electrons. The Morgan fingerprint density at radius 2 is 1.76 bits per heavy atom. The van der Waals surface area contributed by atoms with Crippen LogP contribution in [0.3, 0.4) is 0 Å². The van der Waals surface area contributed by atoms with Crippen LogP contribution in [0, 0.1) is 5.41 Å². The Balaban J connectivity index is 1.85. The van der Waals surface area contributed by atoms with Crippen LogP contribution in [-0.4, -0.2) is 20.9 Å². The number of hydrogen-bond donors (Lipinski definition) is 1. The van der Waals surface area contributed by atoms with Gasteiger partial charge in [0.25, 0.3) is 10.0 Å². The molecule has 2 aromatic rings. The number of hydrogen-bond acceptors (Lipinski definition) is 3.